The van der Waals surface area contributed by atoms with Gasteiger partial charge in [-0.25, -0.2) is 0 Å². The predicted octanol–water partition coefficient (Wildman–Crippen LogP) is 1.37. The van der Waals surface area contributed by atoms with Crippen LogP contribution >= 0.6 is 0 Å². The van der Waals surface area contributed by atoms with Gasteiger partial charge in [0.15, 0.2) is 0 Å². The fourth-order valence-electron chi connectivity index (χ4n) is 1.58. The van der Waals surface area contributed by atoms with Crippen molar-refractivity contribution in [3.8, 4) is 0 Å². The topological polar surface area (TPSA) is 53.7 Å². The van der Waals surface area contributed by atoms with Crippen molar-refractivity contribution in [3.05, 3.63) is 35.9 Å². The van der Waals surface area contributed by atoms with E-state index in [1.165, 1.54) is 5.56 Å². The zero-order valence-electron chi connectivity index (χ0n) is 10.5. The van der Waals surface area contributed by atoms with Crippen molar-refractivity contribution in [2.45, 2.75) is 12.8 Å². The lowest BCUT2D eigenvalue weighted by atomic mass is 10.1. The molecule has 0 aliphatic carbocycles. The Morgan fingerprint density at radius 1 is 1.12 bits per heavy atom. The second-order valence-corrected chi connectivity index (χ2v) is 6.61. The van der Waals surface area contributed by atoms with E-state index < -0.39 is 8.80 Å². The van der Waals surface area contributed by atoms with Gasteiger partial charge < -0.3 is 19.0 Å². The highest BCUT2D eigenvalue weighted by Crippen LogP contribution is 2.08. The third kappa shape index (κ3) is 4.57. The van der Waals surface area contributed by atoms with Crippen LogP contribution in [0.4, 0.5) is 0 Å². The molecule has 5 heteroatoms. The largest absolute Gasteiger partial charge is 0.514 e. The molecule has 96 valence electrons. The van der Waals surface area contributed by atoms with Crippen molar-refractivity contribution in [1.82, 2.24) is 0 Å². The molecule has 0 saturated heterocycles. The summed E-state index contributed by atoms with van der Waals surface area (Å²) in [6.07, 6.45) is 2.24. The summed E-state index contributed by atoms with van der Waals surface area (Å²) in [6, 6.07) is 10.3. The zero-order valence-corrected chi connectivity index (χ0v) is 11.5. The van der Waals surface area contributed by atoms with Crippen LogP contribution in [0.2, 0.25) is 0 Å². The van der Waals surface area contributed by atoms with Crippen LogP contribution in [0.25, 0.3) is 0 Å². The molecular formula is C12H21NO3Si. The molecule has 17 heavy (non-hydrogen) atoms. The zero-order chi connectivity index (χ0) is 12.6. The Hall–Kier alpha value is -0.723. The average molecular weight is 255 g/mol. The molecule has 0 radical (unpaired) electrons. The molecule has 1 rings (SSSR count). The first-order valence-corrected chi connectivity index (χ1v) is 7.68. The Kier molecular flexibility index (Phi) is 6.39. The minimum Gasteiger partial charge on any atom is -0.376 e. The molecule has 0 aromatic heterocycles. The van der Waals surface area contributed by atoms with Gasteiger partial charge in [-0.15, -0.1) is 0 Å². The van der Waals surface area contributed by atoms with Gasteiger partial charge >= 0.3 is 8.80 Å². The summed E-state index contributed by atoms with van der Waals surface area (Å²) < 4.78 is 16.2. The fraction of sp³-hybridized carbons (Fsp3) is 0.500. The summed E-state index contributed by atoms with van der Waals surface area (Å²) in [5.41, 5.74) is 6.92. The number of aryl methyl sites for hydroxylation is 1. The molecule has 4 nitrogen and oxygen atoms in total. The van der Waals surface area contributed by atoms with Crippen molar-refractivity contribution < 1.29 is 13.3 Å². The SMILES string of the molecule is CO[Si](CN)(OC)OCCCc1ccccc1. The van der Waals surface area contributed by atoms with Crippen LogP contribution in [0.5, 0.6) is 0 Å². The number of benzene rings is 1. The molecule has 1 aromatic rings. The van der Waals surface area contributed by atoms with Gasteiger partial charge in [0.05, 0.1) is 6.17 Å². The monoisotopic (exact) mass is 255 g/mol. The van der Waals surface area contributed by atoms with Gasteiger partial charge in [0.1, 0.15) is 0 Å². The Morgan fingerprint density at radius 2 is 1.76 bits per heavy atom. The van der Waals surface area contributed by atoms with Crippen LogP contribution in [-0.4, -0.2) is 35.8 Å². The van der Waals surface area contributed by atoms with Crippen molar-refractivity contribution in [1.29, 1.82) is 0 Å². The van der Waals surface area contributed by atoms with Crippen molar-refractivity contribution in [2.24, 2.45) is 5.73 Å². The average Bonchev–Trinajstić information content (AvgIpc) is 2.41. The smallest absolute Gasteiger partial charge is 0.376 e. The van der Waals surface area contributed by atoms with Crippen molar-refractivity contribution >= 4 is 8.80 Å². The minimum absolute atomic E-state index is 0.311. The molecule has 0 unspecified atom stereocenters. The van der Waals surface area contributed by atoms with Crippen LogP contribution in [0.1, 0.15) is 12.0 Å². The first-order chi connectivity index (χ1) is 8.26. The van der Waals surface area contributed by atoms with Crippen LogP contribution < -0.4 is 5.73 Å². The molecular weight excluding hydrogens is 234 g/mol. The number of hydrogen-bond donors (Lipinski definition) is 1. The number of rotatable bonds is 8. The van der Waals surface area contributed by atoms with Gasteiger partial charge in [-0.1, -0.05) is 30.3 Å². The van der Waals surface area contributed by atoms with E-state index in [-0.39, 0.29) is 0 Å². The Balaban J connectivity index is 2.28. The summed E-state index contributed by atoms with van der Waals surface area (Å²) in [6.45, 7) is 0.611. The normalized spacial score (nSPS) is 11.7. The van der Waals surface area contributed by atoms with Crippen molar-refractivity contribution in [2.75, 3.05) is 27.0 Å². The fourth-order valence-corrected chi connectivity index (χ4v) is 2.88. The van der Waals surface area contributed by atoms with Crippen LogP contribution in [0.15, 0.2) is 30.3 Å². The summed E-state index contributed by atoms with van der Waals surface area (Å²) in [7, 11) is 0.588. The standard InChI is InChI=1S/C12H21NO3Si/c1-14-17(11-13,15-2)16-10-6-9-12-7-4-3-5-8-12/h3-5,7-8H,6,9-11,13H2,1-2H3. The molecule has 0 aliphatic rings. The summed E-state index contributed by atoms with van der Waals surface area (Å²) >= 11 is 0. The van der Waals surface area contributed by atoms with Gasteiger partial charge in [0.25, 0.3) is 0 Å². The predicted molar refractivity (Wildman–Crippen MR) is 69.5 cm³/mol. The van der Waals surface area contributed by atoms with E-state index >= 15 is 0 Å². The molecule has 0 amide bonds. The maximum absolute atomic E-state index is 5.67. The molecule has 0 fully saturated rings. The molecule has 0 bridgehead atoms. The van der Waals surface area contributed by atoms with Gasteiger partial charge in [0.2, 0.25) is 0 Å². The van der Waals surface area contributed by atoms with Gasteiger partial charge in [-0.3, -0.25) is 0 Å². The first kappa shape index (κ1) is 14.3. The molecule has 0 aliphatic heterocycles. The van der Waals surface area contributed by atoms with Crippen LogP contribution in [0, 0.1) is 0 Å². The molecule has 1 aromatic carbocycles. The van der Waals surface area contributed by atoms with E-state index in [2.05, 4.69) is 12.1 Å². The maximum Gasteiger partial charge on any atom is 0.514 e. The molecule has 0 saturated carbocycles. The quantitative estimate of drug-likeness (QED) is 0.563. The Morgan fingerprint density at radius 3 is 2.29 bits per heavy atom. The van der Waals surface area contributed by atoms with Gasteiger partial charge in [-0.2, -0.15) is 0 Å². The third-order valence-electron chi connectivity index (χ3n) is 2.65. The second-order valence-electron chi connectivity index (χ2n) is 3.73. The van der Waals surface area contributed by atoms with E-state index in [0.29, 0.717) is 12.8 Å². The van der Waals surface area contributed by atoms with E-state index in [9.17, 15) is 0 Å². The first-order valence-electron chi connectivity index (χ1n) is 5.74. The Bertz CT molecular complexity index is 296. The highest BCUT2D eigenvalue weighted by Gasteiger charge is 2.37. The highest BCUT2D eigenvalue weighted by atomic mass is 28.4. The minimum atomic E-state index is -2.58. The lowest BCUT2D eigenvalue weighted by Crippen LogP contribution is -2.51. The van der Waals surface area contributed by atoms with Crippen molar-refractivity contribution in [3.63, 3.8) is 0 Å². The third-order valence-corrected chi connectivity index (χ3v) is 5.03. The highest BCUT2D eigenvalue weighted by molar-refractivity contribution is 6.60. The van der Waals surface area contributed by atoms with Crippen LogP contribution in [-0.2, 0) is 19.7 Å². The molecule has 0 spiro atoms. The lowest BCUT2D eigenvalue weighted by molar-refractivity contribution is 0.0987. The summed E-state index contributed by atoms with van der Waals surface area (Å²) in [5.74, 6) is 0. The van der Waals surface area contributed by atoms with E-state index in [0.717, 1.165) is 12.8 Å². The van der Waals surface area contributed by atoms with E-state index in [1.807, 2.05) is 18.2 Å². The Labute approximate surface area is 104 Å². The second kappa shape index (κ2) is 7.57. The van der Waals surface area contributed by atoms with Gasteiger partial charge in [0, 0.05) is 20.8 Å². The van der Waals surface area contributed by atoms with Gasteiger partial charge in [-0.05, 0) is 18.4 Å². The maximum atomic E-state index is 5.67. The van der Waals surface area contributed by atoms with E-state index in [4.69, 9.17) is 19.0 Å². The molecule has 0 heterocycles. The van der Waals surface area contributed by atoms with E-state index in [1.54, 1.807) is 14.2 Å². The molecule has 2 N–H and O–H groups in total. The van der Waals surface area contributed by atoms with Crippen LogP contribution in [0.3, 0.4) is 0 Å². The molecule has 0 atom stereocenters. The summed E-state index contributed by atoms with van der Waals surface area (Å²) in [5, 5.41) is 0. The number of hydrogen-bond acceptors (Lipinski definition) is 4. The lowest BCUT2D eigenvalue weighted by Gasteiger charge is -2.24. The summed E-state index contributed by atoms with van der Waals surface area (Å²) in [4.78, 5) is 0. The number of nitrogens with two attached hydrogens (primary N) is 1.